The summed E-state index contributed by atoms with van der Waals surface area (Å²) in [6.45, 7) is 6.46. The number of hydrogen-bond donors (Lipinski definition) is 0. The fraction of sp³-hybridized carbons (Fsp3) is 0.571. The van der Waals surface area contributed by atoms with Crippen LogP contribution in [0.2, 0.25) is 0 Å². The number of hydrogen-bond acceptors (Lipinski definition) is 3. The molecule has 1 aromatic rings. The van der Waals surface area contributed by atoms with Gasteiger partial charge in [0.1, 0.15) is 0 Å². The van der Waals surface area contributed by atoms with Crippen LogP contribution in [-0.4, -0.2) is 17.6 Å². The maximum absolute atomic E-state index is 11.7. The molecule has 0 saturated heterocycles. The van der Waals surface area contributed by atoms with Crippen LogP contribution >= 0.6 is 0 Å². The van der Waals surface area contributed by atoms with E-state index in [-0.39, 0.29) is 11.4 Å². The van der Waals surface area contributed by atoms with Gasteiger partial charge in [0.2, 0.25) is 0 Å². The fourth-order valence-electron chi connectivity index (χ4n) is 1.95. The van der Waals surface area contributed by atoms with Crippen molar-refractivity contribution >= 4 is 5.97 Å². The monoisotopic (exact) mass is 233 g/mol. The lowest BCUT2D eigenvalue weighted by Gasteiger charge is -2.12. The minimum Gasteiger partial charge on any atom is -0.462 e. The molecule has 92 valence electrons. The Bertz CT molecular complexity index is 436. The average Bonchev–Trinajstić information content (AvgIpc) is 3.08. The van der Waals surface area contributed by atoms with Gasteiger partial charge in [-0.25, -0.2) is 4.79 Å². The van der Waals surface area contributed by atoms with Gasteiger partial charge in [0.15, 0.2) is 0 Å². The van der Waals surface area contributed by atoms with Crippen LogP contribution in [0.4, 0.5) is 0 Å². The molecule has 0 atom stereocenters. The summed E-state index contributed by atoms with van der Waals surface area (Å²) in [6.07, 6.45) is 3.15. The Morgan fingerprint density at radius 1 is 1.41 bits per heavy atom. The van der Waals surface area contributed by atoms with E-state index in [2.05, 4.69) is 11.9 Å². The first-order chi connectivity index (χ1) is 8.10. The third-order valence-corrected chi connectivity index (χ3v) is 3.42. The Morgan fingerprint density at radius 2 is 2.12 bits per heavy atom. The average molecular weight is 233 g/mol. The smallest absolute Gasteiger partial charge is 0.339 e. The molecule has 0 aromatic carbocycles. The highest BCUT2D eigenvalue weighted by Crippen LogP contribution is 2.46. The number of carbonyl (C=O) groups excluding carboxylic acids is 1. The Labute approximate surface area is 102 Å². The normalized spacial score (nSPS) is 16.6. The molecule has 2 rings (SSSR count). The minimum absolute atomic E-state index is 0.247. The molecule has 0 bridgehead atoms. The Kier molecular flexibility index (Phi) is 3.18. The number of rotatable bonds is 4. The van der Waals surface area contributed by atoms with Crippen molar-refractivity contribution in [2.75, 3.05) is 6.61 Å². The van der Waals surface area contributed by atoms with Crippen LogP contribution < -0.4 is 0 Å². The number of pyridine rings is 1. The van der Waals surface area contributed by atoms with Gasteiger partial charge < -0.3 is 4.74 Å². The summed E-state index contributed by atoms with van der Waals surface area (Å²) in [4.78, 5) is 16.4. The van der Waals surface area contributed by atoms with Crippen molar-refractivity contribution in [2.24, 2.45) is 0 Å². The maximum atomic E-state index is 11.7. The third kappa shape index (κ3) is 2.33. The maximum Gasteiger partial charge on any atom is 0.339 e. The van der Waals surface area contributed by atoms with Gasteiger partial charge in [-0.2, -0.15) is 0 Å². The van der Waals surface area contributed by atoms with Crippen LogP contribution in [0, 0.1) is 0 Å². The van der Waals surface area contributed by atoms with Gasteiger partial charge in [-0.05, 0) is 38.3 Å². The molecular weight excluding hydrogens is 214 g/mol. The molecule has 0 aliphatic heterocycles. The van der Waals surface area contributed by atoms with E-state index in [1.807, 2.05) is 26.0 Å². The van der Waals surface area contributed by atoms with Crippen LogP contribution in [0.3, 0.4) is 0 Å². The first-order valence-electron chi connectivity index (χ1n) is 6.28. The van der Waals surface area contributed by atoms with E-state index in [4.69, 9.17) is 4.74 Å². The van der Waals surface area contributed by atoms with Gasteiger partial charge in [0.05, 0.1) is 17.9 Å². The van der Waals surface area contributed by atoms with Crippen LogP contribution in [0.25, 0.3) is 0 Å². The van der Waals surface area contributed by atoms with Gasteiger partial charge in [-0.3, -0.25) is 4.98 Å². The summed E-state index contributed by atoms with van der Waals surface area (Å²) in [5.41, 5.74) is 2.83. The molecule has 1 heterocycles. The molecule has 17 heavy (non-hydrogen) atoms. The molecule has 1 saturated carbocycles. The first-order valence-corrected chi connectivity index (χ1v) is 6.28. The van der Waals surface area contributed by atoms with Crippen LogP contribution in [0.5, 0.6) is 0 Å². The quantitative estimate of drug-likeness (QED) is 0.751. The molecule has 1 aliphatic carbocycles. The molecule has 0 radical (unpaired) electrons. The number of ether oxygens (including phenoxy) is 1. The van der Waals surface area contributed by atoms with Crippen LogP contribution in [0.1, 0.15) is 55.4 Å². The number of carbonyl (C=O) groups is 1. The van der Waals surface area contributed by atoms with Gasteiger partial charge in [-0.15, -0.1) is 0 Å². The van der Waals surface area contributed by atoms with Gasteiger partial charge in [0.25, 0.3) is 0 Å². The predicted octanol–water partition coefficient (Wildman–Crippen LogP) is 2.87. The molecule has 0 spiro atoms. The van der Waals surface area contributed by atoms with Crippen molar-refractivity contribution in [2.45, 2.75) is 45.4 Å². The zero-order chi connectivity index (χ0) is 12.5. The zero-order valence-electron chi connectivity index (χ0n) is 10.7. The van der Waals surface area contributed by atoms with Crippen molar-refractivity contribution in [3.63, 3.8) is 0 Å². The van der Waals surface area contributed by atoms with E-state index >= 15 is 0 Å². The van der Waals surface area contributed by atoms with Crippen LogP contribution in [0.15, 0.2) is 12.1 Å². The highest BCUT2D eigenvalue weighted by atomic mass is 16.5. The lowest BCUT2D eigenvalue weighted by molar-refractivity contribution is 0.0524. The highest BCUT2D eigenvalue weighted by molar-refractivity contribution is 5.90. The second-order valence-corrected chi connectivity index (χ2v) is 4.83. The molecule has 1 aliphatic rings. The minimum atomic E-state index is -0.260. The van der Waals surface area contributed by atoms with Crippen molar-refractivity contribution in [3.05, 3.63) is 29.1 Å². The lowest BCUT2D eigenvalue weighted by Crippen LogP contribution is -2.12. The van der Waals surface area contributed by atoms with Crippen molar-refractivity contribution < 1.29 is 9.53 Å². The van der Waals surface area contributed by atoms with E-state index in [1.54, 1.807) is 0 Å². The van der Waals surface area contributed by atoms with E-state index in [0.29, 0.717) is 12.2 Å². The van der Waals surface area contributed by atoms with E-state index in [1.165, 1.54) is 12.8 Å². The Balaban J connectivity index is 2.31. The molecule has 1 aromatic heterocycles. The van der Waals surface area contributed by atoms with Gasteiger partial charge >= 0.3 is 5.97 Å². The first kappa shape index (κ1) is 12.1. The van der Waals surface area contributed by atoms with Gasteiger partial charge in [-0.1, -0.05) is 13.8 Å². The van der Waals surface area contributed by atoms with Crippen molar-refractivity contribution in [3.8, 4) is 0 Å². The second-order valence-electron chi connectivity index (χ2n) is 4.83. The SMILES string of the molecule is CCOC(=O)c1ccc(C2(C)CC2)nc1CC. The summed E-state index contributed by atoms with van der Waals surface area (Å²) in [5, 5.41) is 0. The second kappa shape index (κ2) is 4.47. The summed E-state index contributed by atoms with van der Waals surface area (Å²) < 4.78 is 5.03. The van der Waals surface area contributed by atoms with Crippen molar-refractivity contribution in [1.29, 1.82) is 0 Å². The number of aryl methyl sites for hydroxylation is 1. The van der Waals surface area contributed by atoms with E-state index in [9.17, 15) is 4.79 Å². The molecule has 3 heteroatoms. The standard InChI is InChI=1S/C14H19NO2/c1-4-11-10(13(16)17-5-2)6-7-12(15-11)14(3)8-9-14/h6-7H,4-5,8-9H2,1-3H3. The Morgan fingerprint density at radius 3 is 2.65 bits per heavy atom. The number of esters is 1. The summed E-state index contributed by atoms with van der Waals surface area (Å²) in [5.74, 6) is -0.260. The molecule has 1 fully saturated rings. The fourth-order valence-corrected chi connectivity index (χ4v) is 1.95. The molecule has 3 nitrogen and oxygen atoms in total. The molecule has 0 N–H and O–H groups in total. The molecule has 0 unspecified atom stereocenters. The summed E-state index contributed by atoms with van der Waals surface area (Å²) >= 11 is 0. The summed E-state index contributed by atoms with van der Waals surface area (Å²) in [6, 6.07) is 3.83. The highest BCUT2D eigenvalue weighted by Gasteiger charge is 2.40. The topological polar surface area (TPSA) is 39.2 Å². The number of nitrogens with zero attached hydrogens (tertiary/aromatic N) is 1. The predicted molar refractivity (Wildman–Crippen MR) is 66.2 cm³/mol. The molecular formula is C14H19NO2. The van der Waals surface area contributed by atoms with Gasteiger partial charge in [0, 0.05) is 11.1 Å². The Hall–Kier alpha value is -1.38. The van der Waals surface area contributed by atoms with Crippen LogP contribution in [-0.2, 0) is 16.6 Å². The number of aromatic nitrogens is 1. The zero-order valence-corrected chi connectivity index (χ0v) is 10.7. The molecule has 0 amide bonds. The van der Waals surface area contributed by atoms with E-state index in [0.717, 1.165) is 17.8 Å². The van der Waals surface area contributed by atoms with Crippen molar-refractivity contribution in [1.82, 2.24) is 4.98 Å². The summed E-state index contributed by atoms with van der Waals surface area (Å²) in [7, 11) is 0. The lowest BCUT2D eigenvalue weighted by atomic mass is 10.0. The largest absolute Gasteiger partial charge is 0.462 e. The van der Waals surface area contributed by atoms with E-state index < -0.39 is 0 Å². The third-order valence-electron chi connectivity index (χ3n) is 3.42.